The van der Waals surface area contributed by atoms with E-state index in [2.05, 4.69) is 5.32 Å². The maximum atomic E-state index is 13.0. The van der Waals surface area contributed by atoms with Gasteiger partial charge in [-0.05, 0) is 41.3 Å². The van der Waals surface area contributed by atoms with E-state index in [-0.39, 0.29) is 31.9 Å². The summed E-state index contributed by atoms with van der Waals surface area (Å²) in [6, 6.07) is 19.2. The fraction of sp³-hybridized carbons (Fsp3) is 0.276. The highest BCUT2D eigenvalue weighted by Gasteiger charge is 2.37. The van der Waals surface area contributed by atoms with Crippen LogP contribution >= 0.6 is 0 Å². The molecule has 10 heteroatoms. The summed E-state index contributed by atoms with van der Waals surface area (Å²) in [5.74, 6) is -1.68. The Hall–Kier alpha value is -4.41. The van der Waals surface area contributed by atoms with Gasteiger partial charge in [-0.3, -0.25) is 19.7 Å². The lowest BCUT2D eigenvalue weighted by Crippen LogP contribution is -2.45. The van der Waals surface area contributed by atoms with Crippen molar-refractivity contribution in [2.24, 2.45) is 5.73 Å². The molecule has 3 aromatic carbocycles. The molecule has 2 atom stereocenters. The third kappa shape index (κ3) is 6.92. The molecule has 4 rings (SSSR count). The number of nitrogens with two attached hydrogens (primary N) is 2. The molecule has 0 fully saturated rings. The van der Waals surface area contributed by atoms with Crippen molar-refractivity contribution < 1.29 is 29.3 Å². The lowest BCUT2D eigenvalue weighted by molar-refractivity contribution is -0.137. The van der Waals surface area contributed by atoms with Crippen LogP contribution in [0.25, 0.3) is 0 Å². The number of primary amides is 1. The van der Waals surface area contributed by atoms with E-state index in [1.165, 1.54) is 4.90 Å². The van der Waals surface area contributed by atoms with Crippen LogP contribution in [0.4, 0.5) is 5.69 Å². The molecule has 0 aliphatic carbocycles. The number of anilines is 1. The van der Waals surface area contributed by atoms with Gasteiger partial charge in [-0.1, -0.05) is 48.5 Å². The minimum atomic E-state index is -1.07. The zero-order valence-corrected chi connectivity index (χ0v) is 21.4. The highest BCUT2D eigenvalue weighted by molar-refractivity contribution is 6.01. The minimum Gasteiger partial charge on any atom is -0.489 e. The number of aliphatic hydroxyl groups is 1. The molecule has 3 aromatic rings. The number of hydrogen-bond acceptors (Lipinski definition) is 7. The standard InChI is InChI=1S/C29H32N4O6/c30-23-6-2-1-4-20(23)15-32-26(34)14-18-8-10-19(11-9-18)17-39-25-7-3-5-21-22(25)16-33(29(21)38)24(28(31)37)12-13-27(35)36/h1-11,24,26,32,34H,12-17,30H2,(H2,31,37)(H,35,36). The largest absolute Gasteiger partial charge is 0.489 e. The van der Waals surface area contributed by atoms with Crippen LogP contribution in [0.3, 0.4) is 0 Å². The maximum absolute atomic E-state index is 13.0. The molecule has 1 aliphatic rings. The van der Waals surface area contributed by atoms with Crippen molar-refractivity contribution in [3.05, 3.63) is 94.5 Å². The molecule has 0 aromatic heterocycles. The SMILES string of the molecule is NC(=O)C(CCC(=O)O)N1Cc2c(OCc3ccc(CC(O)NCc4ccccc4N)cc3)cccc2C1=O. The first-order valence-corrected chi connectivity index (χ1v) is 12.6. The molecule has 2 unspecified atom stereocenters. The molecule has 39 heavy (non-hydrogen) atoms. The number of carboxylic acid groups (broad SMARTS) is 1. The normalized spacial score (nSPS) is 14.1. The van der Waals surface area contributed by atoms with E-state index in [9.17, 15) is 19.5 Å². The first kappa shape index (κ1) is 27.6. The molecule has 0 spiro atoms. The number of fused-ring (bicyclic) bond motifs is 1. The number of aliphatic carboxylic acids is 1. The van der Waals surface area contributed by atoms with Crippen molar-refractivity contribution in [3.8, 4) is 5.75 Å². The van der Waals surface area contributed by atoms with Crippen molar-refractivity contribution >= 4 is 23.5 Å². The average molecular weight is 533 g/mol. The molecule has 1 aliphatic heterocycles. The predicted octanol–water partition coefficient (Wildman–Crippen LogP) is 2.17. The van der Waals surface area contributed by atoms with Crippen LogP contribution in [0.5, 0.6) is 5.75 Å². The molecular weight excluding hydrogens is 500 g/mol. The smallest absolute Gasteiger partial charge is 0.303 e. The second-order valence-corrected chi connectivity index (χ2v) is 9.47. The number of nitrogens with one attached hydrogen (secondary N) is 1. The maximum Gasteiger partial charge on any atom is 0.303 e. The van der Waals surface area contributed by atoms with Gasteiger partial charge < -0.3 is 31.3 Å². The minimum absolute atomic E-state index is 0.0581. The van der Waals surface area contributed by atoms with E-state index >= 15 is 0 Å². The molecule has 2 amide bonds. The van der Waals surface area contributed by atoms with Crippen molar-refractivity contribution in [1.82, 2.24) is 10.2 Å². The second-order valence-electron chi connectivity index (χ2n) is 9.47. The Bertz CT molecular complexity index is 1340. The van der Waals surface area contributed by atoms with Crippen LogP contribution < -0.4 is 21.5 Å². The number of ether oxygens (including phenoxy) is 1. The van der Waals surface area contributed by atoms with Crippen molar-refractivity contribution in [3.63, 3.8) is 0 Å². The van der Waals surface area contributed by atoms with Gasteiger partial charge in [0.25, 0.3) is 5.91 Å². The van der Waals surface area contributed by atoms with Gasteiger partial charge >= 0.3 is 5.97 Å². The summed E-state index contributed by atoms with van der Waals surface area (Å²) in [4.78, 5) is 37.2. The first-order valence-electron chi connectivity index (χ1n) is 12.6. The van der Waals surface area contributed by atoms with Gasteiger partial charge in [-0.15, -0.1) is 0 Å². The van der Waals surface area contributed by atoms with Gasteiger partial charge in [0.05, 0.1) is 6.54 Å². The second kappa shape index (κ2) is 12.4. The van der Waals surface area contributed by atoms with E-state index in [0.717, 1.165) is 16.7 Å². The van der Waals surface area contributed by atoms with E-state index in [1.54, 1.807) is 18.2 Å². The topological polar surface area (TPSA) is 168 Å². The summed E-state index contributed by atoms with van der Waals surface area (Å²) in [5.41, 5.74) is 15.9. The van der Waals surface area contributed by atoms with Crippen LogP contribution in [-0.4, -0.2) is 45.2 Å². The van der Waals surface area contributed by atoms with Gasteiger partial charge in [0, 0.05) is 36.2 Å². The molecule has 7 N–H and O–H groups in total. The summed E-state index contributed by atoms with van der Waals surface area (Å²) < 4.78 is 6.03. The van der Waals surface area contributed by atoms with Crippen molar-refractivity contribution in [2.75, 3.05) is 5.73 Å². The highest BCUT2D eigenvalue weighted by Crippen LogP contribution is 2.33. The number of aliphatic hydroxyl groups excluding tert-OH is 1. The third-order valence-electron chi connectivity index (χ3n) is 6.72. The summed E-state index contributed by atoms with van der Waals surface area (Å²) in [5, 5.41) is 22.4. The Morgan fingerprint density at radius 1 is 1.03 bits per heavy atom. The van der Waals surface area contributed by atoms with Crippen LogP contribution in [0.15, 0.2) is 66.7 Å². The van der Waals surface area contributed by atoms with Crippen LogP contribution in [0.2, 0.25) is 0 Å². The zero-order chi connectivity index (χ0) is 27.9. The number of para-hydroxylation sites is 1. The molecule has 204 valence electrons. The molecule has 1 heterocycles. The number of carbonyl (C=O) groups is 3. The van der Waals surface area contributed by atoms with E-state index in [1.807, 2.05) is 48.5 Å². The number of benzene rings is 3. The summed E-state index contributed by atoms with van der Waals surface area (Å²) >= 11 is 0. The highest BCUT2D eigenvalue weighted by atomic mass is 16.5. The Morgan fingerprint density at radius 2 is 1.74 bits per heavy atom. The van der Waals surface area contributed by atoms with Gasteiger partial charge in [0.2, 0.25) is 5.91 Å². The lowest BCUT2D eigenvalue weighted by atomic mass is 10.1. The number of amides is 2. The van der Waals surface area contributed by atoms with Gasteiger partial charge in [0.15, 0.2) is 0 Å². The van der Waals surface area contributed by atoms with E-state index in [0.29, 0.717) is 35.5 Å². The zero-order valence-electron chi connectivity index (χ0n) is 21.4. The fourth-order valence-electron chi connectivity index (χ4n) is 4.58. The number of nitrogens with zero attached hydrogens (tertiary/aromatic N) is 1. The van der Waals surface area contributed by atoms with E-state index < -0.39 is 24.1 Å². The number of rotatable bonds is 13. The quantitative estimate of drug-likeness (QED) is 0.165. The number of nitrogen functional groups attached to an aromatic ring is 1. The molecule has 0 radical (unpaired) electrons. The molecule has 0 saturated carbocycles. The monoisotopic (exact) mass is 532 g/mol. The van der Waals surface area contributed by atoms with Gasteiger partial charge in [-0.2, -0.15) is 0 Å². The number of carboxylic acids is 1. The van der Waals surface area contributed by atoms with E-state index in [4.69, 9.17) is 21.3 Å². The fourth-order valence-corrected chi connectivity index (χ4v) is 4.58. The van der Waals surface area contributed by atoms with Gasteiger partial charge in [-0.25, -0.2) is 0 Å². The summed E-state index contributed by atoms with van der Waals surface area (Å²) in [6.45, 7) is 0.814. The van der Waals surface area contributed by atoms with Gasteiger partial charge in [0.1, 0.15) is 24.6 Å². The molecule has 10 nitrogen and oxygen atoms in total. The third-order valence-corrected chi connectivity index (χ3v) is 6.72. The Kier molecular flexibility index (Phi) is 8.80. The molecular formula is C29H32N4O6. The van der Waals surface area contributed by atoms with Crippen molar-refractivity contribution in [1.29, 1.82) is 0 Å². The summed E-state index contributed by atoms with van der Waals surface area (Å²) in [6.07, 6.45) is -0.654. The van der Waals surface area contributed by atoms with Crippen LogP contribution in [-0.2, 0) is 35.7 Å². The lowest BCUT2D eigenvalue weighted by Gasteiger charge is -2.24. The first-order chi connectivity index (χ1) is 18.7. The Morgan fingerprint density at radius 3 is 2.44 bits per heavy atom. The average Bonchev–Trinajstić information content (AvgIpc) is 3.24. The van der Waals surface area contributed by atoms with Crippen LogP contribution in [0, 0.1) is 0 Å². The Labute approximate surface area is 226 Å². The number of carbonyl (C=O) groups excluding carboxylic acids is 2. The van der Waals surface area contributed by atoms with Crippen molar-refractivity contribution in [2.45, 2.75) is 51.2 Å². The molecule has 0 saturated heterocycles. The molecule has 0 bridgehead atoms. The number of hydrogen-bond donors (Lipinski definition) is 5. The predicted molar refractivity (Wildman–Crippen MR) is 144 cm³/mol. The van der Waals surface area contributed by atoms with Crippen LogP contribution in [0.1, 0.15) is 45.5 Å². The summed E-state index contributed by atoms with van der Waals surface area (Å²) in [7, 11) is 0. The Balaban J connectivity index is 1.34.